The maximum atomic E-state index is 11.4. The van der Waals surface area contributed by atoms with Crippen molar-refractivity contribution in [2.45, 2.75) is 6.92 Å². The van der Waals surface area contributed by atoms with Gasteiger partial charge in [-0.15, -0.1) is 0 Å². The number of hydrogen-bond donors (Lipinski definition) is 0. The van der Waals surface area contributed by atoms with Gasteiger partial charge in [-0.1, -0.05) is 0 Å². The molecule has 0 radical (unpaired) electrons. The van der Waals surface area contributed by atoms with Gasteiger partial charge in [-0.25, -0.2) is 13.4 Å². The normalized spacial score (nSPS) is 18.1. The first-order valence-electron chi connectivity index (χ1n) is 5.70. The molecule has 0 spiro atoms. The number of hydrogen-bond acceptors (Lipinski definition) is 4. The van der Waals surface area contributed by atoms with Crippen molar-refractivity contribution in [3.05, 3.63) is 22.3 Å². The quantitative estimate of drug-likeness (QED) is 0.816. The zero-order valence-corrected chi connectivity index (χ0v) is 12.8. The van der Waals surface area contributed by atoms with Gasteiger partial charge in [0.2, 0.25) is 10.0 Å². The zero-order valence-electron chi connectivity index (χ0n) is 10.4. The van der Waals surface area contributed by atoms with Gasteiger partial charge < -0.3 is 4.90 Å². The summed E-state index contributed by atoms with van der Waals surface area (Å²) in [6, 6.07) is 2.01. The Kier molecular flexibility index (Phi) is 3.93. The fraction of sp³-hybridized carbons (Fsp3) is 0.545. The lowest BCUT2D eigenvalue weighted by Gasteiger charge is -2.34. The molecule has 1 saturated heterocycles. The molecule has 100 valence electrons. The summed E-state index contributed by atoms with van der Waals surface area (Å²) >= 11 is 3.42. The Balaban J connectivity index is 2.08. The molecule has 1 fully saturated rings. The fourth-order valence-electron chi connectivity index (χ4n) is 1.95. The summed E-state index contributed by atoms with van der Waals surface area (Å²) in [5.41, 5.74) is 1.13. The van der Waals surface area contributed by atoms with Gasteiger partial charge in [-0.2, -0.15) is 4.31 Å². The molecule has 7 heteroatoms. The molecule has 1 aromatic rings. The van der Waals surface area contributed by atoms with Crippen molar-refractivity contribution in [3.8, 4) is 0 Å². The minimum atomic E-state index is -3.07. The molecule has 0 aromatic carbocycles. The second-order valence-corrected chi connectivity index (χ2v) is 7.28. The monoisotopic (exact) mass is 333 g/mol. The highest BCUT2D eigenvalue weighted by Crippen LogP contribution is 2.21. The van der Waals surface area contributed by atoms with Crippen LogP contribution in [0, 0.1) is 6.92 Å². The van der Waals surface area contributed by atoms with Gasteiger partial charge in [0, 0.05) is 36.8 Å². The molecule has 0 unspecified atom stereocenters. The van der Waals surface area contributed by atoms with Crippen LogP contribution in [0.1, 0.15) is 5.56 Å². The Hall–Kier alpha value is -0.660. The van der Waals surface area contributed by atoms with Crippen LogP contribution in [0.15, 0.2) is 16.7 Å². The Morgan fingerprint density at radius 1 is 1.28 bits per heavy atom. The second-order valence-electron chi connectivity index (χ2n) is 4.44. The molecule has 0 atom stereocenters. The van der Waals surface area contributed by atoms with E-state index in [9.17, 15) is 8.42 Å². The summed E-state index contributed by atoms with van der Waals surface area (Å²) in [7, 11) is -3.07. The van der Waals surface area contributed by atoms with Crippen LogP contribution in [0.4, 0.5) is 5.82 Å². The van der Waals surface area contributed by atoms with E-state index < -0.39 is 10.0 Å². The van der Waals surface area contributed by atoms with Gasteiger partial charge in [0.15, 0.2) is 0 Å². The molecular formula is C11H16BrN3O2S. The highest BCUT2D eigenvalue weighted by atomic mass is 79.9. The number of pyridine rings is 1. The topological polar surface area (TPSA) is 53.5 Å². The van der Waals surface area contributed by atoms with Crippen molar-refractivity contribution in [1.29, 1.82) is 0 Å². The van der Waals surface area contributed by atoms with Crippen molar-refractivity contribution in [1.82, 2.24) is 9.29 Å². The number of sulfonamides is 1. The van der Waals surface area contributed by atoms with Crippen LogP contribution in [-0.2, 0) is 10.0 Å². The van der Waals surface area contributed by atoms with Gasteiger partial charge in [0.05, 0.1) is 6.26 Å². The van der Waals surface area contributed by atoms with Crippen LogP contribution < -0.4 is 4.90 Å². The van der Waals surface area contributed by atoms with Gasteiger partial charge >= 0.3 is 0 Å². The average Bonchev–Trinajstić information content (AvgIpc) is 2.32. The maximum Gasteiger partial charge on any atom is 0.211 e. The molecule has 0 bridgehead atoms. The van der Waals surface area contributed by atoms with E-state index in [0.717, 1.165) is 15.9 Å². The van der Waals surface area contributed by atoms with Crippen molar-refractivity contribution in [2.75, 3.05) is 37.3 Å². The van der Waals surface area contributed by atoms with E-state index in [0.29, 0.717) is 26.2 Å². The molecule has 1 aliphatic rings. The Labute approximate surface area is 116 Å². The van der Waals surface area contributed by atoms with E-state index in [-0.39, 0.29) is 0 Å². The summed E-state index contributed by atoms with van der Waals surface area (Å²) in [6.45, 7) is 4.43. The summed E-state index contributed by atoms with van der Waals surface area (Å²) in [6.07, 6.45) is 3.04. The molecule has 2 rings (SSSR count). The van der Waals surface area contributed by atoms with Gasteiger partial charge in [0.25, 0.3) is 0 Å². The summed E-state index contributed by atoms with van der Waals surface area (Å²) < 4.78 is 25.3. The Morgan fingerprint density at radius 3 is 2.39 bits per heavy atom. The van der Waals surface area contributed by atoms with Crippen LogP contribution in [0.2, 0.25) is 0 Å². The molecular weight excluding hydrogens is 318 g/mol. The standard InChI is InChI=1S/C11H16BrN3O2S/c1-9-7-11(13-8-10(9)12)14-3-5-15(6-4-14)18(2,16)17/h7-8H,3-6H2,1-2H3. The maximum absolute atomic E-state index is 11.4. The van der Waals surface area contributed by atoms with Crippen LogP contribution in [-0.4, -0.2) is 50.1 Å². The van der Waals surface area contributed by atoms with E-state index in [1.807, 2.05) is 13.0 Å². The summed E-state index contributed by atoms with van der Waals surface area (Å²) in [4.78, 5) is 6.47. The lowest BCUT2D eigenvalue weighted by atomic mass is 10.2. The molecule has 18 heavy (non-hydrogen) atoms. The fourth-order valence-corrected chi connectivity index (χ4v) is 2.99. The Bertz CT molecular complexity index is 539. The number of aromatic nitrogens is 1. The SMILES string of the molecule is Cc1cc(N2CCN(S(C)(=O)=O)CC2)ncc1Br. The second kappa shape index (κ2) is 5.14. The largest absolute Gasteiger partial charge is 0.354 e. The third-order valence-electron chi connectivity index (χ3n) is 3.06. The summed E-state index contributed by atoms with van der Waals surface area (Å²) in [5.74, 6) is 0.906. The molecule has 1 aliphatic heterocycles. The van der Waals surface area contributed by atoms with E-state index >= 15 is 0 Å². The van der Waals surface area contributed by atoms with Gasteiger partial charge in [-0.3, -0.25) is 0 Å². The van der Waals surface area contributed by atoms with E-state index in [1.165, 1.54) is 10.6 Å². The highest BCUT2D eigenvalue weighted by molar-refractivity contribution is 9.10. The number of piperazine rings is 1. The smallest absolute Gasteiger partial charge is 0.211 e. The lowest BCUT2D eigenvalue weighted by molar-refractivity contribution is 0.387. The molecule has 1 aromatic heterocycles. The van der Waals surface area contributed by atoms with E-state index in [1.54, 1.807) is 6.20 Å². The van der Waals surface area contributed by atoms with Crippen molar-refractivity contribution < 1.29 is 8.42 Å². The van der Waals surface area contributed by atoms with Crippen LogP contribution in [0.5, 0.6) is 0 Å². The van der Waals surface area contributed by atoms with Crippen LogP contribution in [0.25, 0.3) is 0 Å². The zero-order chi connectivity index (χ0) is 13.3. The number of aryl methyl sites for hydroxylation is 1. The number of halogens is 1. The molecule has 0 N–H and O–H groups in total. The Morgan fingerprint density at radius 2 is 1.89 bits per heavy atom. The third kappa shape index (κ3) is 3.02. The van der Waals surface area contributed by atoms with Gasteiger partial charge in [-0.05, 0) is 34.5 Å². The molecule has 2 heterocycles. The first-order valence-corrected chi connectivity index (χ1v) is 8.34. The lowest BCUT2D eigenvalue weighted by Crippen LogP contribution is -2.48. The highest BCUT2D eigenvalue weighted by Gasteiger charge is 2.24. The third-order valence-corrected chi connectivity index (χ3v) is 5.20. The first kappa shape index (κ1) is 13.8. The predicted octanol–water partition coefficient (Wildman–Crippen LogP) is 1.23. The van der Waals surface area contributed by atoms with Crippen LogP contribution in [0.3, 0.4) is 0 Å². The first-order chi connectivity index (χ1) is 8.38. The van der Waals surface area contributed by atoms with Crippen molar-refractivity contribution >= 4 is 31.8 Å². The number of anilines is 1. The minimum Gasteiger partial charge on any atom is -0.354 e. The van der Waals surface area contributed by atoms with Crippen molar-refractivity contribution in [3.63, 3.8) is 0 Å². The molecule has 0 amide bonds. The molecule has 0 saturated carbocycles. The van der Waals surface area contributed by atoms with Crippen LogP contribution >= 0.6 is 15.9 Å². The predicted molar refractivity (Wildman–Crippen MR) is 75.3 cm³/mol. The molecule has 5 nitrogen and oxygen atoms in total. The number of nitrogens with zero attached hydrogens (tertiary/aromatic N) is 3. The summed E-state index contributed by atoms with van der Waals surface area (Å²) in [5, 5.41) is 0. The van der Waals surface area contributed by atoms with E-state index in [2.05, 4.69) is 25.8 Å². The minimum absolute atomic E-state index is 0.523. The van der Waals surface area contributed by atoms with Gasteiger partial charge in [0.1, 0.15) is 5.82 Å². The van der Waals surface area contributed by atoms with Crippen molar-refractivity contribution in [2.24, 2.45) is 0 Å². The molecule has 0 aliphatic carbocycles. The number of rotatable bonds is 2. The van der Waals surface area contributed by atoms with E-state index in [4.69, 9.17) is 0 Å². The average molecular weight is 334 g/mol.